The largest absolute Gasteiger partial charge is 0.207 e. The highest BCUT2D eigenvalue weighted by Crippen LogP contribution is 2.21. The zero-order chi connectivity index (χ0) is 10.0. The fourth-order valence-electron chi connectivity index (χ4n) is 1.02. The van der Waals surface area contributed by atoms with Gasteiger partial charge < -0.3 is 0 Å². The van der Waals surface area contributed by atoms with Gasteiger partial charge in [0, 0.05) is 4.83 Å². The van der Waals surface area contributed by atoms with Crippen molar-refractivity contribution in [3.8, 4) is 0 Å². The standard InChI is InChI=1S/C9H8BrClF2/c1-5(10)2-6-3-9(13)7(11)4-8(6)12/h3-5H,2H2,1H3. The van der Waals surface area contributed by atoms with Crippen molar-refractivity contribution >= 4 is 27.5 Å². The monoisotopic (exact) mass is 268 g/mol. The van der Waals surface area contributed by atoms with Gasteiger partial charge in [-0.1, -0.05) is 34.5 Å². The highest BCUT2D eigenvalue weighted by Gasteiger charge is 2.09. The highest BCUT2D eigenvalue weighted by molar-refractivity contribution is 9.09. The number of halogens is 4. The minimum Gasteiger partial charge on any atom is -0.207 e. The van der Waals surface area contributed by atoms with Crippen molar-refractivity contribution in [3.63, 3.8) is 0 Å². The first-order valence-corrected chi connectivity index (χ1v) is 5.07. The van der Waals surface area contributed by atoms with Gasteiger partial charge in [0.25, 0.3) is 0 Å². The van der Waals surface area contributed by atoms with Gasteiger partial charge in [0.15, 0.2) is 0 Å². The predicted octanol–water partition coefficient (Wildman–Crippen LogP) is 3.94. The van der Waals surface area contributed by atoms with Crippen molar-refractivity contribution in [2.45, 2.75) is 18.2 Å². The Morgan fingerprint density at radius 3 is 2.54 bits per heavy atom. The van der Waals surface area contributed by atoms with E-state index in [0.717, 1.165) is 12.1 Å². The number of rotatable bonds is 2. The second-order valence-corrected chi connectivity index (χ2v) is 4.81. The highest BCUT2D eigenvalue weighted by atomic mass is 79.9. The molecular weight excluding hydrogens is 261 g/mol. The molecule has 1 aromatic rings. The molecular formula is C9H8BrClF2. The van der Waals surface area contributed by atoms with E-state index in [2.05, 4.69) is 15.9 Å². The summed E-state index contributed by atoms with van der Waals surface area (Å²) in [5.74, 6) is -1.04. The Labute approximate surface area is 89.0 Å². The summed E-state index contributed by atoms with van der Waals surface area (Å²) in [6, 6.07) is 2.14. The molecule has 0 aliphatic rings. The molecule has 1 unspecified atom stereocenters. The maximum absolute atomic E-state index is 13.1. The van der Waals surface area contributed by atoms with Gasteiger partial charge in [-0.05, 0) is 24.1 Å². The van der Waals surface area contributed by atoms with Crippen LogP contribution in [-0.4, -0.2) is 4.83 Å². The second kappa shape index (κ2) is 4.38. The third-order valence-corrected chi connectivity index (χ3v) is 2.20. The lowest BCUT2D eigenvalue weighted by Crippen LogP contribution is -2.00. The van der Waals surface area contributed by atoms with E-state index in [0.29, 0.717) is 12.0 Å². The quantitative estimate of drug-likeness (QED) is 0.563. The number of benzene rings is 1. The van der Waals surface area contributed by atoms with E-state index in [1.54, 1.807) is 0 Å². The lowest BCUT2D eigenvalue weighted by atomic mass is 10.1. The average Bonchev–Trinajstić information content (AvgIpc) is 1.99. The first-order chi connectivity index (χ1) is 6.00. The maximum atomic E-state index is 13.1. The third kappa shape index (κ3) is 2.92. The van der Waals surface area contributed by atoms with Crippen LogP contribution in [0, 0.1) is 11.6 Å². The van der Waals surface area contributed by atoms with Gasteiger partial charge in [-0.3, -0.25) is 0 Å². The van der Waals surface area contributed by atoms with Crippen LogP contribution in [0.5, 0.6) is 0 Å². The Hall–Kier alpha value is -0.150. The van der Waals surface area contributed by atoms with Gasteiger partial charge >= 0.3 is 0 Å². The fourth-order valence-corrected chi connectivity index (χ4v) is 1.52. The Morgan fingerprint density at radius 1 is 1.38 bits per heavy atom. The third-order valence-electron chi connectivity index (χ3n) is 1.59. The van der Waals surface area contributed by atoms with Gasteiger partial charge in [0.1, 0.15) is 11.6 Å². The van der Waals surface area contributed by atoms with Crippen molar-refractivity contribution < 1.29 is 8.78 Å². The lowest BCUT2D eigenvalue weighted by Gasteiger charge is -2.05. The molecule has 0 nitrogen and oxygen atoms in total. The molecule has 72 valence electrons. The SMILES string of the molecule is CC(Br)Cc1cc(F)c(Cl)cc1F. The summed E-state index contributed by atoms with van der Waals surface area (Å²) >= 11 is 8.66. The fraction of sp³-hybridized carbons (Fsp3) is 0.333. The molecule has 13 heavy (non-hydrogen) atoms. The first-order valence-electron chi connectivity index (χ1n) is 3.78. The van der Waals surface area contributed by atoms with Crippen molar-refractivity contribution in [2.24, 2.45) is 0 Å². The van der Waals surface area contributed by atoms with Gasteiger partial charge in [0.2, 0.25) is 0 Å². The summed E-state index contributed by atoms with van der Waals surface area (Å²) in [5, 5.41) is -0.177. The number of alkyl halides is 1. The van der Waals surface area contributed by atoms with Crippen LogP contribution in [0.3, 0.4) is 0 Å². The Morgan fingerprint density at radius 2 is 2.00 bits per heavy atom. The summed E-state index contributed by atoms with van der Waals surface area (Å²) in [6.45, 7) is 1.87. The molecule has 1 rings (SSSR count). The molecule has 0 aromatic heterocycles. The van der Waals surface area contributed by atoms with Crippen LogP contribution in [0.25, 0.3) is 0 Å². The molecule has 4 heteroatoms. The van der Waals surface area contributed by atoms with Crippen LogP contribution < -0.4 is 0 Å². The van der Waals surface area contributed by atoms with E-state index < -0.39 is 11.6 Å². The minimum atomic E-state index is -0.578. The van der Waals surface area contributed by atoms with Gasteiger partial charge in [-0.15, -0.1) is 0 Å². The average molecular weight is 270 g/mol. The van der Waals surface area contributed by atoms with E-state index in [9.17, 15) is 8.78 Å². The van der Waals surface area contributed by atoms with E-state index in [1.165, 1.54) is 0 Å². The molecule has 0 saturated heterocycles. The Kier molecular flexibility index (Phi) is 3.68. The van der Waals surface area contributed by atoms with E-state index in [4.69, 9.17) is 11.6 Å². The second-order valence-electron chi connectivity index (χ2n) is 2.84. The van der Waals surface area contributed by atoms with E-state index >= 15 is 0 Å². The molecule has 0 bridgehead atoms. The van der Waals surface area contributed by atoms with Gasteiger partial charge in [0.05, 0.1) is 5.02 Å². The molecule has 0 fully saturated rings. The summed E-state index contributed by atoms with van der Waals surface area (Å²) in [5.41, 5.74) is 0.339. The number of hydrogen-bond donors (Lipinski definition) is 0. The van der Waals surface area contributed by atoms with Crippen LogP contribution in [0.15, 0.2) is 12.1 Å². The number of hydrogen-bond acceptors (Lipinski definition) is 0. The normalized spacial score (nSPS) is 13.0. The Balaban J connectivity index is 3.01. The summed E-state index contributed by atoms with van der Waals surface area (Å²) < 4.78 is 26.0. The van der Waals surface area contributed by atoms with Gasteiger partial charge in [-0.2, -0.15) is 0 Å². The molecule has 1 aromatic carbocycles. The smallest absolute Gasteiger partial charge is 0.142 e. The van der Waals surface area contributed by atoms with Gasteiger partial charge in [-0.25, -0.2) is 8.78 Å². The van der Waals surface area contributed by atoms with Crippen molar-refractivity contribution in [1.82, 2.24) is 0 Å². The summed E-state index contributed by atoms with van der Waals surface area (Å²) in [7, 11) is 0. The lowest BCUT2D eigenvalue weighted by molar-refractivity contribution is 0.585. The molecule has 0 saturated carbocycles. The van der Waals surface area contributed by atoms with Crippen LogP contribution >= 0.6 is 27.5 Å². The van der Waals surface area contributed by atoms with Crippen molar-refractivity contribution in [2.75, 3.05) is 0 Å². The first kappa shape index (κ1) is 10.9. The van der Waals surface area contributed by atoms with Crippen LogP contribution in [0.4, 0.5) is 8.78 Å². The minimum absolute atomic E-state index is 0.113. The molecule has 0 aliphatic carbocycles. The Bertz CT molecular complexity index is 313. The topological polar surface area (TPSA) is 0 Å². The molecule has 0 heterocycles. The zero-order valence-electron chi connectivity index (χ0n) is 6.95. The molecule has 0 aliphatic heterocycles. The predicted molar refractivity (Wildman–Crippen MR) is 53.5 cm³/mol. The summed E-state index contributed by atoms with van der Waals surface area (Å²) in [4.78, 5) is 0.113. The van der Waals surface area contributed by atoms with Crippen LogP contribution in [0.2, 0.25) is 5.02 Å². The van der Waals surface area contributed by atoms with Crippen LogP contribution in [-0.2, 0) is 6.42 Å². The molecule has 0 radical (unpaired) electrons. The van der Waals surface area contributed by atoms with E-state index in [-0.39, 0.29) is 9.85 Å². The molecule has 0 spiro atoms. The summed E-state index contributed by atoms with van der Waals surface area (Å²) in [6.07, 6.45) is 0.444. The van der Waals surface area contributed by atoms with Crippen molar-refractivity contribution in [3.05, 3.63) is 34.4 Å². The molecule has 0 amide bonds. The van der Waals surface area contributed by atoms with Crippen molar-refractivity contribution in [1.29, 1.82) is 0 Å². The van der Waals surface area contributed by atoms with E-state index in [1.807, 2.05) is 6.92 Å². The molecule has 0 N–H and O–H groups in total. The van der Waals surface area contributed by atoms with Crippen LogP contribution in [0.1, 0.15) is 12.5 Å². The maximum Gasteiger partial charge on any atom is 0.142 e. The molecule has 1 atom stereocenters. The zero-order valence-corrected chi connectivity index (χ0v) is 9.29.